The maximum Gasteiger partial charge on any atom is 0.247 e. The van der Waals surface area contributed by atoms with Crippen molar-refractivity contribution in [3.05, 3.63) is 108 Å². The first-order valence-electron chi connectivity index (χ1n) is 11.2. The van der Waals surface area contributed by atoms with Crippen molar-refractivity contribution in [3.63, 3.8) is 0 Å². The third-order valence-electron chi connectivity index (χ3n) is 5.46. The maximum absolute atomic E-state index is 13.4. The fourth-order valence-electron chi connectivity index (χ4n) is 3.66. The zero-order chi connectivity index (χ0) is 24.0. The summed E-state index contributed by atoms with van der Waals surface area (Å²) < 4.78 is 20.9. The Labute approximate surface area is 201 Å². The molecule has 174 valence electrons. The van der Waals surface area contributed by atoms with E-state index in [1.807, 2.05) is 66.9 Å². The van der Waals surface area contributed by atoms with Crippen molar-refractivity contribution in [2.24, 2.45) is 0 Å². The third-order valence-corrected chi connectivity index (χ3v) is 5.46. The number of carbonyl (C=O) groups is 1. The lowest BCUT2D eigenvalue weighted by Crippen LogP contribution is -2.23. The molecule has 3 aromatic carbocycles. The molecule has 0 saturated heterocycles. The maximum atomic E-state index is 13.4. The average Bonchev–Trinajstić information content (AvgIpc) is 3.55. The first kappa shape index (κ1) is 22.2. The molecule has 1 N–H and O–H groups in total. The van der Waals surface area contributed by atoms with E-state index >= 15 is 0 Å². The minimum atomic E-state index is -0.317. The normalized spacial score (nSPS) is 10.9. The summed E-state index contributed by atoms with van der Waals surface area (Å²) in [5.41, 5.74) is 3.99. The van der Waals surface area contributed by atoms with Crippen LogP contribution in [0.4, 0.5) is 4.39 Å². The molecule has 0 aliphatic heterocycles. The lowest BCUT2D eigenvalue weighted by Gasteiger charge is -2.05. The molecule has 0 spiro atoms. The molecule has 7 nitrogen and oxygen atoms in total. The Hall–Kier alpha value is -4.59. The van der Waals surface area contributed by atoms with E-state index in [9.17, 15) is 9.18 Å². The van der Waals surface area contributed by atoms with Crippen LogP contribution in [-0.4, -0.2) is 25.9 Å². The summed E-state index contributed by atoms with van der Waals surface area (Å²) in [5.74, 6) is 0.366. The van der Waals surface area contributed by atoms with Crippen LogP contribution in [-0.2, 0) is 17.8 Å². The van der Waals surface area contributed by atoms with E-state index < -0.39 is 0 Å². The lowest BCUT2D eigenvalue weighted by molar-refractivity contribution is -0.121. The van der Waals surface area contributed by atoms with Gasteiger partial charge in [0.05, 0.1) is 11.4 Å². The summed E-state index contributed by atoms with van der Waals surface area (Å²) in [4.78, 5) is 12.6. The van der Waals surface area contributed by atoms with Gasteiger partial charge in [0.25, 0.3) is 0 Å². The third kappa shape index (κ3) is 5.33. The predicted octanol–water partition coefficient (Wildman–Crippen LogP) is 4.98. The highest BCUT2D eigenvalue weighted by molar-refractivity contribution is 5.76. The Balaban J connectivity index is 1.26. The second-order valence-electron chi connectivity index (χ2n) is 7.93. The summed E-state index contributed by atoms with van der Waals surface area (Å²) in [5, 5.41) is 15.7. The number of aryl methyl sites for hydroxylation is 1. The molecule has 0 bridgehead atoms. The number of rotatable bonds is 8. The highest BCUT2D eigenvalue weighted by Gasteiger charge is 2.15. The van der Waals surface area contributed by atoms with Crippen LogP contribution in [0.5, 0.6) is 0 Å². The smallest absolute Gasteiger partial charge is 0.247 e. The number of halogens is 1. The highest BCUT2D eigenvalue weighted by atomic mass is 19.1. The van der Waals surface area contributed by atoms with Gasteiger partial charge in [-0.1, -0.05) is 36.4 Å². The van der Waals surface area contributed by atoms with E-state index in [-0.39, 0.29) is 24.7 Å². The fourth-order valence-corrected chi connectivity index (χ4v) is 3.66. The van der Waals surface area contributed by atoms with Gasteiger partial charge in [-0.3, -0.25) is 4.79 Å². The number of nitrogens with one attached hydrogen (secondary N) is 1. The van der Waals surface area contributed by atoms with Gasteiger partial charge in [0.15, 0.2) is 0 Å². The zero-order valence-corrected chi connectivity index (χ0v) is 18.8. The molecule has 2 heterocycles. The van der Waals surface area contributed by atoms with E-state index in [2.05, 4.69) is 15.5 Å². The van der Waals surface area contributed by atoms with Crippen LogP contribution in [0.1, 0.15) is 17.9 Å². The number of aromatic nitrogens is 4. The molecule has 0 atom stereocenters. The number of para-hydroxylation sites is 1. The molecule has 5 aromatic rings. The van der Waals surface area contributed by atoms with Crippen molar-refractivity contribution in [1.82, 2.24) is 25.3 Å². The molecule has 0 aliphatic carbocycles. The SMILES string of the molecule is O=C(CCc1nnc(-c2ccccc2)o1)NCc1cn(-c2ccccc2)nc1-c1ccc(F)cc1. The van der Waals surface area contributed by atoms with Gasteiger partial charge >= 0.3 is 0 Å². The average molecular weight is 468 g/mol. The molecule has 0 aliphatic rings. The van der Waals surface area contributed by atoms with Crippen LogP contribution in [0.3, 0.4) is 0 Å². The Bertz CT molecular complexity index is 1410. The van der Waals surface area contributed by atoms with Crippen LogP contribution in [0.15, 0.2) is 95.5 Å². The van der Waals surface area contributed by atoms with Crippen LogP contribution in [0.25, 0.3) is 28.4 Å². The van der Waals surface area contributed by atoms with Gasteiger partial charge < -0.3 is 9.73 Å². The van der Waals surface area contributed by atoms with Crippen molar-refractivity contribution in [1.29, 1.82) is 0 Å². The molecular formula is C27H22FN5O2. The molecule has 0 radical (unpaired) electrons. The van der Waals surface area contributed by atoms with E-state index in [0.29, 0.717) is 23.9 Å². The molecule has 0 unspecified atom stereocenters. The van der Waals surface area contributed by atoms with Gasteiger partial charge in [0, 0.05) is 42.3 Å². The number of carbonyl (C=O) groups excluding carboxylic acids is 1. The number of benzene rings is 3. The number of nitrogens with zero attached hydrogens (tertiary/aromatic N) is 4. The molecule has 5 rings (SSSR count). The topological polar surface area (TPSA) is 85.8 Å². The Morgan fingerprint density at radius 3 is 2.34 bits per heavy atom. The van der Waals surface area contributed by atoms with Gasteiger partial charge in [-0.15, -0.1) is 10.2 Å². The van der Waals surface area contributed by atoms with Crippen molar-refractivity contribution in [2.45, 2.75) is 19.4 Å². The number of hydrogen-bond donors (Lipinski definition) is 1. The van der Waals surface area contributed by atoms with E-state index in [0.717, 1.165) is 22.4 Å². The first-order chi connectivity index (χ1) is 17.2. The van der Waals surface area contributed by atoms with Gasteiger partial charge in [0.1, 0.15) is 5.82 Å². The second kappa shape index (κ2) is 10.1. The molecule has 0 saturated carbocycles. The van der Waals surface area contributed by atoms with Crippen LogP contribution < -0.4 is 5.32 Å². The second-order valence-corrected chi connectivity index (χ2v) is 7.93. The van der Waals surface area contributed by atoms with E-state index in [1.165, 1.54) is 12.1 Å². The van der Waals surface area contributed by atoms with Gasteiger partial charge in [-0.2, -0.15) is 5.10 Å². The van der Waals surface area contributed by atoms with Crippen LogP contribution in [0, 0.1) is 5.82 Å². The lowest BCUT2D eigenvalue weighted by atomic mass is 10.1. The summed E-state index contributed by atoms with van der Waals surface area (Å²) in [7, 11) is 0. The quantitative estimate of drug-likeness (QED) is 0.348. The first-order valence-corrected chi connectivity index (χ1v) is 11.2. The summed E-state index contributed by atoms with van der Waals surface area (Å²) in [6, 6.07) is 25.3. The molecular weight excluding hydrogens is 445 g/mol. The summed E-state index contributed by atoms with van der Waals surface area (Å²) in [6.07, 6.45) is 2.41. The molecule has 0 fully saturated rings. The summed E-state index contributed by atoms with van der Waals surface area (Å²) >= 11 is 0. The Kier molecular flexibility index (Phi) is 6.43. The molecule has 2 aromatic heterocycles. The monoisotopic (exact) mass is 467 g/mol. The molecule has 8 heteroatoms. The molecule has 35 heavy (non-hydrogen) atoms. The van der Waals surface area contributed by atoms with Crippen molar-refractivity contribution < 1.29 is 13.6 Å². The number of amides is 1. The Morgan fingerprint density at radius 2 is 1.60 bits per heavy atom. The summed E-state index contributed by atoms with van der Waals surface area (Å²) in [6.45, 7) is 0.275. The molecule has 1 amide bonds. The largest absolute Gasteiger partial charge is 0.421 e. The minimum Gasteiger partial charge on any atom is -0.421 e. The van der Waals surface area contributed by atoms with E-state index in [4.69, 9.17) is 9.52 Å². The fraction of sp³-hybridized carbons (Fsp3) is 0.111. The Morgan fingerprint density at radius 1 is 0.886 bits per heavy atom. The van der Waals surface area contributed by atoms with Crippen molar-refractivity contribution >= 4 is 5.91 Å². The van der Waals surface area contributed by atoms with Gasteiger partial charge in [-0.05, 0) is 48.5 Å². The van der Waals surface area contributed by atoms with Gasteiger partial charge in [0.2, 0.25) is 17.7 Å². The number of hydrogen-bond acceptors (Lipinski definition) is 5. The van der Waals surface area contributed by atoms with Gasteiger partial charge in [-0.25, -0.2) is 9.07 Å². The van der Waals surface area contributed by atoms with Crippen molar-refractivity contribution in [2.75, 3.05) is 0 Å². The van der Waals surface area contributed by atoms with Crippen LogP contribution >= 0.6 is 0 Å². The predicted molar refractivity (Wildman–Crippen MR) is 129 cm³/mol. The highest BCUT2D eigenvalue weighted by Crippen LogP contribution is 2.24. The van der Waals surface area contributed by atoms with E-state index in [1.54, 1.807) is 16.8 Å². The van der Waals surface area contributed by atoms with Crippen LogP contribution in [0.2, 0.25) is 0 Å². The zero-order valence-electron chi connectivity index (χ0n) is 18.8. The van der Waals surface area contributed by atoms with Crippen molar-refractivity contribution in [3.8, 4) is 28.4 Å². The standard InChI is InChI=1S/C27H22FN5O2/c28-22-13-11-19(12-14-22)26-21(18-33(32-26)23-9-5-2-6-10-23)17-29-24(34)15-16-25-30-31-27(35-25)20-7-3-1-4-8-20/h1-14,18H,15-17H2,(H,29,34). The minimum absolute atomic E-state index is 0.151.